The molecule has 0 saturated carbocycles. The van der Waals surface area contributed by atoms with Crippen molar-refractivity contribution in [3.63, 3.8) is 0 Å². The van der Waals surface area contributed by atoms with Gasteiger partial charge in [0.15, 0.2) is 11.6 Å². The van der Waals surface area contributed by atoms with Crippen LogP contribution in [0.5, 0.6) is 11.5 Å². The number of epoxide rings is 1. The van der Waals surface area contributed by atoms with Gasteiger partial charge >= 0.3 is 6.09 Å². The summed E-state index contributed by atoms with van der Waals surface area (Å²) in [4.78, 5) is 52.8. The van der Waals surface area contributed by atoms with Crippen LogP contribution in [-0.4, -0.2) is 60.1 Å². The van der Waals surface area contributed by atoms with Crippen molar-refractivity contribution in [1.29, 1.82) is 0 Å². The summed E-state index contributed by atoms with van der Waals surface area (Å²) in [6.07, 6.45) is -0.548. The van der Waals surface area contributed by atoms with Gasteiger partial charge in [-0.15, -0.1) is 0 Å². The first-order chi connectivity index (χ1) is 21.1. The van der Waals surface area contributed by atoms with E-state index >= 15 is 0 Å². The lowest BCUT2D eigenvalue weighted by molar-refractivity contribution is -0.134. The zero-order valence-electron chi connectivity index (χ0n) is 25.1. The average Bonchev–Trinajstić information content (AvgIpc) is 3.79. The molecule has 0 aromatic heterocycles. The number of rotatable bonds is 15. The maximum absolute atomic E-state index is 13.8. The number of carbonyl (C=O) groups excluding carboxylic acids is 4. The van der Waals surface area contributed by atoms with Crippen molar-refractivity contribution in [1.82, 2.24) is 10.6 Å². The molecule has 232 valence electrons. The van der Waals surface area contributed by atoms with Crippen LogP contribution in [0.3, 0.4) is 0 Å². The van der Waals surface area contributed by atoms with Crippen LogP contribution >= 0.6 is 0 Å². The van der Waals surface area contributed by atoms with Crippen molar-refractivity contribution in [2.75, 3.05) is 13.7 Å². The molecule has 4 atom stereocenters. The Labute approximate surface area is 256 Å². The maximum atomic E-state index is 13.8. The number of phenols is 1. The Bertz CT molecular complexity index is 1440. The van der Waals surface area contributed by atoms with E-state index in [4.69, 9.17) is 14.2 Å². The minimum absolute atomic E-state index is 0.0508. The molecule has 2 amide bonds. The fourth-order valence-corrected chi connectivity index (χ4v) is 4.73. The number of phenolic OH excluding ortho intramolecular Hbond substituents is 1. The minimum Gasteiger partial charge on any atom is -0.508 e. The number of Topliss-reactive ketones (excluding diaryl/α,β-unsaturated/α-hetero) is 2. The van der Waals surface area contributed by atoms with Crippen LogP contribution in [0.4, 0.5) is 4.79 Å². The lowest BCUT2D eigenvalue weighted by atomic mass is 9.89. The lowest BCUT2D eigenvalue weighted by Crippen LogP contribution is -2.50. The number of hydrogen-bond donors (Lipinski definition) is 3. The van der Waals surface area contributed by atoms with Crippen molar-refractivity contribution in [3.05, 3.63) is 95.6 Å². The molecule has 44 heavy (non-hydrogen) atoms. The summed E-state index contributed by atoms with van der Waals surface area (Å²) in [5.41, 5.74) is 1.34. The van der Waals surface area contributed by atoms with Gasteiger partial charge in [-0.3, -0.25) is 14.4 Å². The summed E-state index contributed by atoms with van der Waals surface area (Å²) < 4.78 is 15.9. The molecular weight excluding hydrogens is 564 g/mol. The third-order valence-electron chi connectivity index (χ3n) is 7.60. The highest BCUT2D eigenvalue weighted by molar-refractivity contribution is 5.98. The molecule has 0 radical (unpaired) electrons. The molecule has 0 spiro atoms. The number of methoxy groups -OCH3 is 1. The third-order valence-corrected chi connectivity index (χ3v) is 7.60. The van der Waals surface area contributed by atoms with E-state index in [2.05, 4.69) is 10.6 Å². The third kappa shape index (κ3) is 9.15. The van der Waals surface area contributed by atoms with Crippen molar-refractivity contribution in [3.8, 4) is 11.5 Å². The van der Waals surface area contributed by atoms with Crippen molar-refractivity contribution in [2.45, 2.75) is 57.4 Å². The van der Waals surface area contributed by atoms with E-state index in [1.54, 1.807) is 38.3 Å². The van der Waals surface area contributed by atoms with Crippen LogP contribution in [0.25, 0.3) is 0 Å². The van der Waals surface area contributed by atoms with Gasteiger partial charge in [0.1, 0.15) is 23.7 Å². The molecule has 4 rings (SSSR count). The van der Waals surface area contributed by atoms with Gasteiger partial charge in [0.25, 0.3) is 0 Å². The first-order valence-corrected chi connectivity index (χ1v) is 14.5. The molecular formula is C34H38N2O8. The summed E-state index contributed by atoms with van der Waals surface area (Å²) >= 11 is 0. The Hall–Kier alpha value is -4.70. The van der Waals surface area contributed by atoms with Gasteiger partial charge in [0.05, 0.1) is 25.8 Å². The summed E-state index contributed by atoms with van der Waals surface area (Å²) in [7, 11) is 1.55. The predicted octanol–water partition coefficient (Wildman–Crippen LogP) is 3.92. The van der Waals surface area contributed by atoms with Crippen LogP contribution in [-0.2, 0) is 43.3 Å². The van der Waals surface area contributed by atoms with Crippen LogP contribution < -0.4 is 15.4 Å². The first kappa shape index (κ1) is 32.2. The maximum Gasteiger partial charge on any atom is 0.408 e. The van der Waals surface area contributed by atoms with E-state index in [1.807, 2.05) is 42.5 Å². The van der Waals surface area contributed by atoms with Gasteiger partial charge in [-0.1, -0.05) is 54.6 Å². The Morgan fingerprint density at radius 2 is 1.50 bits per heavy atom. The molecule has 0 unspecified atom stereocenters. The molecule has 1 aliphatic heterocycles. The molecule has 0 bridgehead atoms. The zero-order chi connectivity index (χ0) is 31.7. The largest absolute Gasteiger partial charge is 0.508 e. The second kappa shape index (κ2) is 14.7. The number of nitrogens with one attached hydrogen (secondary N) is 2. The Kier molecular flexibility index (Phi) is 10.7. The molecule has 1 saturated heterocycles. The van der Waals surface area contributed by atoms with E-state index in [0.717, 1.165) is 16.7 Å². The number of ether oxygens (including phenoxy) is 3. The normalized spacial score (nSPS) is 17.4. The minimum atomic E-state index is -0.991. The summed E-state index contributed by atoms with van der Waals surface area (Å²) in [6, 6.07) is 20.9. The van der Waals surface area contributed by atoms with E-state index in [1.165, 1.54) is 19.1 Å². The summed E-state index contributed by atoms with van der Waals surface area (Å²) in [5, 5.41) is 15.1. The molecule has 10 nitrogen and oxygen atoms in total. The van der Waals surface area contributed by atoms with Crippen molar-refractivity contribution >= 4 is 23.6 Å². The molecule has 10 heteroatoms. The smallest absolute Gasteiger partial charge is 0.408 e. The molecule has 3 N–H and O–H groups in total. The van der Waals surface area contributed by atoms with Gasteiger partial charge in [-0.2, -0.15) is 0 Å². The first-order valence-electron chi connectivity index (χ1n) is 14.5. The second-order valence-electron chi connectivity index (χ2n) is 11.2. The second-order valence-corrected chi connectivity index (χ2v) is 11.2. The number of aromatic hydroxyl groups is 1. The summed E-state index contributed by atoms with van der Waals surface area (Å²) in [5.74, 6) is -1.23. The summed E-state index contributed by atoms with van der Waals surface area (Å²) in [6.45, 7) is 3.52. The lowest BCUT2D eigenvalue weighted by Gasteiger charge is -2.24. The highest BCUT2D eigenvalue weighted by atomic mass is 16.6. The monoisotopic (exact) mass is 602 g/mol. The van der Waals surface area contributed by atoms with Gasteiger partial charge in [0, 0.05) is 12.3 Å². The fourth-order valence-electron chi connectivity index (χ4n) is 4.73. The van der Waals surface area contributed by atoms with Crippen molar-refractivity contribution < 1.29 is 38.5 Å². The Morgan fingerprint density at radius 1 is 0.886 bits per heavy atom. The predicted molar refractivity (Wildman–Crippen MR) is 162 cm³/mol. The zero-order valence-corrected chi connectivity index (χ0v) is 25.1. The van der Waals surface area contributed by atoms with Crippen LogP contribution in [0.2, 0.25) is 0 Å². The van der Waals surface area contributed by atoms with E-state index in [9.17, 15) is 24.3 Å². The fraction of sp³-hybridized carbons (Fsp3) is 0.353. The molecule has 3 aromatic carbocycles. The number of amides is 2. The van der Waals surface area contributed by atoms with E-state index in [0.29, 0.717) is 5.75 Å². The molecule has 1 aliphatic rings. The average molecular weight is 603 g/mol. The SMILES string of the molecule is COc1ccc(C[C@H](CC(=O)[C@H](C)NC(=O)OCc2ccccc2)C(=O)N[C@@H](Cc2ccc(O)cc2)C(=O)[C@@]2(C)CO2)cc1. The van der Waals surface area contributed by atoms with Gasteiger partial charge in [0.2, 0.25) is 5.91 Å². The van der Waals surface area contributed by atoms with Gasteiger partial charge in [-0.05, 0) is 67.6 Å². The van der Waals surface area contributed by atoms with Gasteiger partial charge in [-0.25, -0.2) is 4.79 Å². The topological polar surface area (TPSA) is 144 Å². The van der Waals surface area contributed by atoms with Crippen LogP contribution in [0, 0.1) is 5.92 Å². The van der Waals surface area contributed by atoms with E-state index < -0.39 is 35.6 Å². The number of benzene rings is 3. The molecule has 3 aromatic rings. The quantitative estimate of drug-likeness (QED) is 0.222. The molecule has 1 heterocycles. The van der Waals surface area contributed by atoms with Crippen LogP contribution in [0.1, 0.15) is 37.0 Å². The van der Waals surface area contributed by atoms with Crippen molar-refractivity contribution in [2.24, 2.45) is 5.92 Å². The Balaban J connectivity index is 1.46. The van der Waals surface area contributed by atoms with E-state index in [-0.39, 0.29) is 49.8 Å². The van der Waals surface area contributed by atoms with Crippen LogP contribution in [0.15, 0.2) is 78.9 Å². The molecule has 1 fully saturated rings. The standard InChI is InChI=1S/C34H38N2O8/c1-22(35-33(41)43-20-25-7-5-4-6-8-25)30(38)19-26(17-23-11-15-28(42-3)16-12-23)32(40)36-29(31(39)34(2)21-44-34)18-24-9-13-27(37)14-10-24/h4-16,22,26,29,37H,17-21H2,1-3H3,(H,35,41)(H,36,40)/t22-,26+,29-,34+/m0/s1. The van der Waals surface area contributed by atoms with Gasteiger partial charge < -0.3 is 30.0 Å². The number of alkyl carbamates (subject to hydrolysis) is 1. The highest BCUT2D eigenvalue weighted by Crippen LogP contribution is 2.29. The number of hydrogen-bond acceptors (Lipinski definition) is 8. The Morgan fingerprint density at radius 3 is 2.11 bits per heavy atom. The highest BCUT2D eigenvalue weighted by Gasteiger charge is 2.50. The number of carbonyl (C=O) groups is 4. The molecule has 0 aliphatic carbocycles. The number of ketones is 2.